The third kappa shape index (κ3) is 13.4. The highest BCUT2D eigenvalue weighted by atomic mass is 28.4. The second-order valence-corrected chi connectivity index (χ2v) is 21.2. The van der Waals surface area contributed by atoms with Crippen LogP contribution in [0.15, 0.2) is 48.5 Å². The minimum absolute atomic E-state index is 0.315. The van der Waals surface area contributed by atoms with Crippen molar-refractivity contribution in [3.8, 4) is 0 Å². The molecule has 0 saturated carbocycles. The highest BCUT2D eigenvalue weighted by Gasteiger charge is 2.20. The average molecular weight is 653 g/mol. The van der Waals surface area contributed by atoms with Crippen LogP contribution in [0.25, 0.3) is 0 Å². The van der Waals surface area contributed by atoms with Gasteiger partial charge in [0.1, 0.15) is 11.2 Å². The standard InChI is InChI=1S/C32H48N6O5Si2/c1-31(2,3)41-26(39)22-12-16-24(17-13-22)34-29-36-28(33-20-11-21-44(7)43-45(8,9)10)37-30(38-29)35-25-18-14-23(15-19-25)27(40)42-32(4,5)6/h12-19,44H,11,20-21H2,1-10H3,(H3,33,34,35,36,37,38). The molecule has 1 heterocycles. The summed E-state index contributed by atoms with van der Waals surface area (Å²) in [7, 11) is -2.77. The number of carbonyl (C=O) groups excluding carboxylic acids is 2. The van der Waals surface area contributed by atoms with E-state index in [4.69, 9.17) is 13.6 Å². The van der Waals surface area contributed by atoms with Gasteiger partial charge in [-0.05, 0) is 129 Å². The Balaban J connectivity index is 1.76. The number of rotatable bonds is 13. The van der Waals surface area contributed by atoms with E-state index in [0.29, 0.717) is 46.9 Å². The summed E-state index contributed by atoms with van der Waals surface area (Å²) in [4.78, 5) is 38.6. The predicted octanol–water partition coefficient (Wildman–Crippen LogP) is 7.28. The third-order valence-corrected chi connectivity index (χ3v) is 11.5. The summed E-state index contributed by atoms with van der Waals surface area (Å²) in [5.74, 6) is 0.256. The number of aromatic nitrogens is 3. The van der Waals surface area contributed by atoms with E-state index in [9.17, 15) is 9.59 Å². The van der Waals surface area contributed by atoms with E-state index < -0.39 is 40.5 Å². The summed E-state index contributed by atoms with van der Waals surface area (Å²) in [6.45, 7) is 20.6. The van der Waals surface area contributed by atoms with Crippen molar-refractivity contribution < 1.29 is 23.2 Å². The summed E-state index contributed by atoms with van der Waals surface area (Å²) >= 11 is 0. The molecule has 0 aliphatic heterocycles. The van der Waals surface area contributed by atoms with Gasteiger partial charge in [-0.2, -0.15) is 15.0 Å². The number of esters is 2. The van der Waals surface area contributed by atoms with Crippen LogP contribution in [0.1, 0.15) is 68.7 Å². The lowest BCUT2D eigenvalue weighted by atomic mass is 10.1. The first-order valence-electron chi connectivity index (χ1n) is 15.2. The van der Waals surface area contributed by atoms with Crippen molar-refractivity contribution >= 4 is 58.5 Å². The smallest absolute Gasteiger partial charge is 0.338 e. The fraction of sp³-hybridized carbons (Fsp3) is 0.469. The largest absolute Gasteiger partial charge is 0.458 e. The molecule has 0 aliphatic rings. The van der Waals surface area contributed by atoms with Crippen molar-refractivity contribution in [3.05, 3.63) is 59.7 Å². The van der Waals surface area contributed by atoms with Crippen LogP contribution in [0.4, 0.5) is 29.2 Å². The molecule has 0 saturated heterocycles. The Morgan fingerprint density at radius 1 is 0.711 bits per heavy atom. The number of carbonyl (C=O) groups is 2. The van der Waals surface area contributed by atoms with Gasteiger partial charge in [0.2, 0.25) is 17.8 Å². The van der Waals surface area contributed by atoms with E-state index in [1.165, 1.54) is 0 Å². The van der Waals surface area contributed by atoms with Crippen LogP contribution in [-0.2, 0) is 13.6 Å². The van der Waals surface area contributed by atoms with Crippen LogP contribution >= 0.6 is 0 Å². The molecular weight excluding hydrogens is 605 g/mol. The topological polar surface area (TPSA) is 137 Å². The van der Waals surface area contributed by atoms with Gasteiger partial charge < -0.3 is 29.5 Å². The molecule has 0 aliphatic carbocycles. The molecule has 0 radical (unpaired) electrons. The Hall–Kier alpha value is -3.82. The molecule has 3 aromatic rings. The summed E-state index contributed by atoms with van der Waals surface area (Å²) in [5.41, 5.74) is 1.11. The Morgan fingerprint density at radius 3 is 1.49 bits per heavy atom. The van der Waals surface area contributed by atoms with E-state index >= 15 is 0 Å². The second-order valence-electron chi connectivity index (χ2n) is 13.8. The van der Waals surface area contributed by atoms with Crippen molar-refractivity contribution in [3.63, 3.8) is 0 Å². The minimum Gasteiger partial charge on any atom is -0.458 e. The zero-order chi connectivity index (χ0) is 33.4. The van der Waals surface area contributed by atoms with Gasteiger partial charge in [-0.3, -0.25) is 0 Å². The molecule has 0 amide bonds. The van der Waals surface area contributed by atoms with Gasteiger partial charge in [0.05, 0.1) is 11.1 Å². The Labute approximate surface area is 269 Å². The molecule has 3 rings (SSSR count). The number of anilines is 5. The maximum Gasteiger partial charge on any atom is 0.338 e. The van der Waals surface area contributed by atoms with Crippen LogP contribution in [0.3, 0.4) is 0 Å². The Kier molecular flexibility index (Phi) is 11.9. The van der Waals surface area contributed by atoms with Crippen molar-refractivity contribution in [2.45, 2.75) is 91.4 Å². The number of benzene rings is 2. The molecule has 13 heteroatoms. The molecule has 11 nitrogen and oxygen atoms in total. The van der Waals surface area contributed by atoms with Gasteiger partial charge >= 0.3 is 11.9 Å². The van der Waals surface area contributed by atoms with Crippen LogP contribution in [0.2, 0.25) is 32.2 Å². The SMILES string of the molecule is C[SiH](CCCNc1nc(Nc2ccc(C(=O)OC(C)(C)C)cc2)nc(Nc2ccc(C(=O)OC(C)(C)C)cc2)n1)O[Si](C)(C)C. The number of hydrogen-bond donors (Lipinski definition) is 3. The maximum atomic E-state index is 12.4. The van der Waals surface area contributed by atoms with Crippen LogP contribution < -0.4 is 16.0 Å². The fourth-order valence-electron chi connectivity index (χ4n) is 4.13. The molecule has 1 unspecified atom stereocenters. The van der Waals surface area contributed by atoms with Crippen molar-refractivity contribution in [2.24, 2.45) is 0 Å². The molecule has 244 valence electrons. The van der Waals surface area contributed by atoms with Crippen LogP contribution in [-0.4, -0.2) is 62.0 Å². The molecular formula is C32H48N6O5Si2. The first-order chi connectivity index (χ1) is 20.8. The molecule has 45 heavy (non-hydrogen) atoms. The zero-order valence-electron chi connectivity index (χ0n) is 28.2. The summed E-state index contributed by atoms with van der Waals surface area (Å²) < 4.78 is 17.2. The van der Waals surface area contributed by atoms with Gasteiger partial charge in [-0.15, -0.1) is 0 Å². The molecule has 3 N–H and O–H groups in total. The van der Waals surface area contributed by atoms with Crippen molar-refractivity contribution in [1.29, 1.82) is 0 Å². The van der Waals surface area contributed by atoms with E-state index in [1.54, 1.807) is 48.5 Å². The average Bonchev–Trinajstić information content (AvgIpc) is 2.89. The molecule has 0 fully saturated rings. The summed E-state index contributed by atoms with van der Waals surface area (Å²) in [6, 6.07) is 14.9. The monoisotopic (exact) mass is 652 g/mol. The van der Waals surface area contributed by atoms with E-state index in [-0.39, 0.29) is 0 Å². The number of hydrogen-bond acceptors (Lipinski definition) is 11. The normalized spacial score (nSPS) is 12.7. The quantitative estimate of drug-likeness (QED) is 0.0976. The fourth-order valence-corrected chi connectivity index (χ4v) is 10.2. The van der Waals surface area contributed by atoms with Crippen molar-refractivity contribution in [1.82, 2.24) is 15.0 Å². The number of nitrogens with zero attached hydrogens (tertiary/aromatic N) is 3. The highest BCUT2D eigenvalue weighted by Crippen LogP contribution is 2.22. The molecule has 1 atom stereocenters. The van der Waals surface area contributed by atoms with Gasteiger partial charge in [0.25, 0.3) is 0 Å². The summed E-state index contributed by atoms with van der Waals surface area (Å²) in [6.07, 6.45) is 0.938. The first kappa shape index (κ1) is 35.7. The molecule has 1 aromatic heterocycles. The van der Waals surface area contributed by atoms with Crippen LogP contribution in [0.5, 0.6) is 0 Å². The lowest BCUT2D eigenvalue weighted by Crippen LogP contribution is -2.33. The second kappa shape index (κ2) is 15.0. The van der Waals surface area contributed by atoms with Crippen molar-refractivity contribution in [2.75, 3.05) is 22.5 Å². The Morgan fingerprint density at radius 2 is 1.11 bits per heavy atom. The first-order valence-corrected chi connectivity index (χ1v) is 21.1. The molecule has 0 bridgehead atoms. The zero-order valence-corrected chi connectivity index (χ0v) is 30.4. The van der Waals surface area contributed by atoms with Gasteiger partial charge in [-0.1, -0.05) is 0 Å². The van der Waals surface area contributed by atoms with Crippen LogP contribution in [0, 0.1) is 0 Å². The number of nitrogens with one attached hydrogen (secondary N) is 3. The molecule has 0 spiro atoms. The molecule has 2 aromatic carbocycles. The predicted molar refractivity (Wildman–Crippen MR) is 185 cm³/mol. The maximum absolute atomic E-state index is 12.4. The minimum atomic E-state index is -1.53. The van der Waals surface area contributed by atoms with Gasteiger partial charge in [0.15, 0.2) is 17.4 Å². The third-order valence-electron chi connectivity index (χ3n) is 5.81. The van der Waals surface area contributed by atoms with E-state index in [2.05, 4.69) is 57.1 Å². The lowest BCUT2D eigenvalue weighted by Gasteiger charge is -2.23. The van der Waals surface area contributed by atoms with Gasteiger partial charge in [0, 0.05) is 17.9 Å². The Bertz CT molecular complexity index is 1340. The number of ether oxygens (including phenoxy) is 2. The van der Waals surface area contributed by atoms with E-state index in [1.807, 2.05) is 41.5 Å². The highest BCUT2D eigenvalue weighted by molar-refractivity contribution is 6.77. The lowest BCUT2D eigenvalue weighted by molar-refractivity contribution is 0.00570. The van der Waals surface area contributed by atoms with Gasteiger partial charge in [-0.25, -0.2) is 9.59 Å². The summed E-state index contributed by atoms with van der Waals surface area (Å²) in [5, 5.41) is 9.72. The van der Waals surface area contributed by atoms with E-state index in [0.717, 1.165) is 12.5 Å².